The molecule has 0 aromatic rings. The maximum atomic E-state index is 12.2. The van der Waals surface area contributed by atoms with Gasteiger partial charge in [0.2, 0.25) is 0 Å². The van der Waals surface area contributed by atoms with E-state index in [2.05, 4.69) is 19.7 Å². The van der Waals surface area contributed by atoms with Crippen LogP contribution >= 0.6 is 0 Å². The summed E-state index contributed by atoms with van der Waals surface area (Å²) in [5.41, 5.74) is 0.494. The van der Waals surface area contributed by atoms with Gasteiger partial charge in [-0.2, -0.15) is 0 Å². The average Bonchev–Trinajstić information content (AvgIpc) is 2.80. The lowest BCUT2D eigenvalue weighted by Gasteiger charge is -2.48. The highest BCUT2D eigenvalue weighted by Crippen LogP contribution is 2.53. The molecule has 0 bridgehead atoms. The quantitative estimate of drug-likeness (QED) is 0.475. The molecule has 0 spiro atoms. The smallest absolute Gasteiger partial charge is 0.336 e. The van der Waals surface area contributed by atoms with Gasteiger partial charge in [-0.1, -0.05) is 38.7 Å². The molecule has 0 aromatic heterocycles. The van der Waals surface area contributed by atoms with Crippen LogP contribution in [-0.4, -0.2) is 35.9 Å². The summed E-state index contributed by atoms with van der Waals surface area (Å²) in [5, 5.41) is 9.07. The van der Waals surface area contributed by atoms with Crippen molar-refractivity contribution in [3.8, 4) is 0 Å². The monoisotopic (exact) mass is 334 g/mol. The summed E-state index contributed by atoms with van der Waals surface area (Å²) < 4.78 is 11.2. The Morgan fingerprint density at radius 2 is 2.12 bits per heavy atom. The van der Waals surface area contributed by atoms with Gasteiger partial charge in [0.25, 0.3) is 0 Å². The predicted molar refractivity (Wildman–Crippen MR) is 89.9 cm³/mol. The standard InChI is InChI=1S/C19H26O5/c1-7-19(6)8-13(23-17(21)11(4)9-20)14-12(5)18(22)24-16(14)15(19)10(2)3/h7,12-16,20H,1-2,4,8-9H2,3,5-6H3/t12-,13-,14-,15+,16-,19+/m1/s1. The first-order valence-corrected chi connectivity index (χ1v) is 8.15. The van der Waals surface area contributed by atoms with Crippen molar-refractivity contribution in [3.05, 3.63) is 37.0 Å². The number of aliphatic hydroxyl groups is 1. The Morgan fingerprint density at radius 3 is 2.62 bits per heavy atom. The van der Waals surface area contributed by atoms with Crippen LogP contribution in [0.5, 0.6) is 0 Å². The molecular weight excluding hydrogens is 308 g/mol. The molecule has 0 radical (unpaired) electrons. The summed E-state index contributed by atoms with van der Waals surface area (Å²) in [5.74, 6) is -1.63. The molecule has 1 aliphatic heterocycles. The first-order valence-electron chi connectivity index (χ1n) is 8.15. The second kappa shape index (κ2) is 6.55. The molecule has 2 rings (SSSR count). The zero-order valence-electron chi connectivity index (χ0n) is 14.6. The Kier molecular flexibility index (Phi) is 5.04. The van der Waals surface area contributed by atoms with Gasteiger partial charge >= 0.3 is 11.9 Å². The molecule has 0 amide bonds. The maximum absolute atomic E-state index is 12.2. The fraction of sp³-hybridized carbons (Fsp3) is 0.579. The number of rotatable bonds is 5. The molecule has 1 heterocycles. The van der Waals surface area contributed by atoms with Crippen LogP contribution in [0.25, 0.3) is 0 Å². The third-order valence-electron chi connectivity index (χ3n) is 5.43. The Balaban J connectivity index is 2.40. The molecule has 0 unspecified atom stereocenters. The number of carbonyl (C=O) groups excluding carboxylic acids is 2. The van der Waals surface area contributed by atoms with Crippen molar-refractivity contribution >= 4 is 11.9 Å². The summed E-state index contributed by atoms with van der Waals surface area (Å²) in [6.07, 6.45) is 1.43. The van der Waals surface area contributed by atoms with Gasteiger partial charge in [-0.15, -0.1) is 6.58 Å². The van der Waals surface area contributed by atoms with E-state index < -0.39 is 30.2 Å². The van der Waals surface area contributed by atoms with E-state index in [1.807, 2.05) is 19.9 Å². The summed E-state index contributed by atoms with van der Waals surface area (Å²) in [4.78, 5) is 24.2. The summed E-state index contributed by atoms with van der Waals surface area (Å²) in [6.45, 7) is 16.7. The van der Waals surface area contributed by atoms with E-state index in [1.165, 1.54) is 0 Å². The van der Waals surface area contributed by atoms with Crippen LogP contribution in [0.2, 0.25) is 0 Å². The first-order chi connectivity index (χ1) is 11.2. The van der Waals surface area contributed by atoms with E-state index in [9.17, 15) is 9.59 Å². The van der Waals surface area contributed by atoms with Gasteiger partial charge in [-0.25, -0.2) is 4.79 Å². The zero-order chi connectivity index (χ0) is 18.2. The van der Waals surface area contributed by atoms with Gasteiger partial charge in [-0.05, 0) is 18.8 Å². The third-order valence-corrected chi connectivity index (χ3v) is 5.43. The van der Waals surface area contributed by atoms with Crippen LogP contribution in [0, 0.1) is 23.2 Å². The molecule has 2 fully saturated rings. The molecule has 5 nitrogen and oxygen atoms in total. The van der Waals surface area contributed by atoms with Gasteiger partial charge in [0.1, 0.15) is 12.2 Å². The lowest BCUT2D eigenvalue weighted by atomic mass is 9.58. The molecule has 24 heavy (non-hydrogen) atoms. The molecule has 1 aliphatic carbocycles. The van der Waals surface area contributed by atoms with Crippen molar-refractivity contribution in [2.45, 2.75) is 39.4 Å². The second-order valence-corrected chi connectivity index (χ2v) is 7.21. The molecule has 0 aromatic carbocycles. The fourth-order valence-corrected chi connectivity index (χ4v) is 4.12. The maximum Gasteiger partial charge on any atom is 0.336 e. The van der Waals surface area contributed by atoms with Gasteiger partial charge in [0, 0.05) is 11.8 Å². The highest BCUT2D eigenvalue weighted by atomic mass is 16.6. The Bertz CT molecular complexity index is 593. The highest BCUT2D eigenvalue weighted by molar-refractivity contribution is 5.88. The molecule has 1 saturated heterocycles. The molecule has 2 aliphatic rings. The predicted octanol–water partition coefficient (Wildman–Crippen LogP) is 2.41. The van der Waals surface area contributed by atoms with E-state index in [4.69, 9.17) is 14.6 Å². The minimum absolute atomic E-state index is 0.00762. The zero-order valence-corrected chi connectivity index (χ0v) is 14.6. The van der Waals surface area contributed by atoms with Crippen molar-refractivity contribution in [2.24, 2.45) is 23.2 Å². The largest absolute Gasteiger partial charge is 0.461 e. The fourth-order valence-electron chi connectivity index (χ4n) is 4.12. The molecular formula is C19H26O5. The molecule has 5 heteroatoms. The van der Waals surface area contributed by atoms with Crippen molar-refractivity contribution in [1.82, 2.24) is 0 Å². The minimum Gasteiger partial charge on any atom is -0.461 e. The lowest BCUT2D eigenvalue weighted by Crippen LogP contribution is -2.52. The number of esters is 2. The average molecular weight is 334 g/mol. The number of allylic oxidation sites excluding steroid dienone is 1. The highest BCUT2D eigenvalue weighted by Gasteiger charge is 2.59. The van der Waals surface area contributed by atoms with Crippen LogP contribution in [-0.2, 0) is 19.1 Å². The first kappa shape index (κ1) is 18.5. The van der Waals surface area contributed by atoms with E-state index >= 15 is 0 Å². The number of hydrogen-bond acceptors (Lipinski definition) is 5. The van der Waals surface area contributed by atoms with E-state index in [1.54, 1.807) is 6.92 Å². The number of hydrogen-bond donors (Lipinski definition) is 1. The van der Waals surface area contributed by atoms with Crippen molar-refractivity contribution in [2.75, 3.05) is 6.61 Å². The van der Waals surface area contributed by atoms with E-state index in [0.29, 0.717) is 6.42 Å². The summed E-state index contributed by atoms with van der Waals surface area (Å²) >= 11 is 0. The molecule has 1 N–H and O–H groups in total. The summed E-state index contributed by atoms with van der Waals surface area (Å²) in [6, 6.07) is 0. The van der Waals surface area contributed by atoms with Gasteiger partial charge < -0.3 is 14.6 Å². The third kappa shape index (κ3) is 2.93. The summed E-state index contributed by atoms with van der Waals surface area (Å²) in [7, 11) is 0. The van der Waals surface area contributed by atoms with Crippen LogP contribution in [0.15, 0.2) is 37.0 Å². The molecule has 6 atom stereocenters. The van der Waals surface area contributed by atoms with Crippen molar-refractivity contribution in [3.63, 3.8) is 0 Å². The minimum atomic E-state index is -0.645. The Hall–Kier alpha value is -1.88. The van der Waals surface area contributed by atoms with Crippen molar-refractivity contribution < 1.29 is 24.2 Å². The second-order valence-electron chi connectivity index (χ2n) is 7.21. The van der Waals surface area contributed by atoms with Crippen LogP contribution in [0.4, 0.5) is 0 Å². The van der Waals surface area contributed by atoms with Crippen LogP contribution < -0.4 is 0 Å². The van der Waals surface area contributed by atoms with Gasteiger partial charge in [-0.3, -0.25) is 4.79 Å². The van der Waals surface area contributed by atoms with Crippen molar-refractivity contribution in [1.29, 1.82) is 0 Å². The molecule has 132 valence electrons. The number of carbonyl (C=O) groups is 2. The van der Waals surface area contributed by atoms with E-state index in [0.717, 1.165) is 5.57 Å². The lowest BCUT2D eigenvalue weighted by molar-refractivity contribution is -0.159. The van der Waals surface area contributed by atoms with Crippen LogP contribution in [0.3, 0.4) is 0 Å². The Morgan fingerprint density at radius 1 is 1.50 bits per heavy atom. The number of ether oxygens (including phenoxy) is 2. The topological polar surface area (TPSA) is 72.8 Å². The van der Waals surface area contributed by atoms with Gasteiger partial charge in [0.05, 0.1) is 18.1 Å². The number of aliphatic hydroxyl groups excluding tert-OH is 1. The normalized spacial score (nSPS) is 38.0. The number of fused-ring (bicyclic) bond motifs is 1. The van der Waals surface area contributed by atoms with Crippen LogP contribution in [0.1, 0.15) is 27.2 Å². The molecule has 1 saturated carbocycles. The van der Waals surface area contributed by atoms with E-state index in [-0.39, 0.29) is 29.3 Å². The Labute approximate surface area is 143 Å². The SMILES string of the molecule is C=C[C@@]1(C)C[C@@H](OC(=O)C(=C)CO)[C@@H]2[C@@H](OC(=O)[C@@H]2C)[C@@H]1C(=C)C. The van der Waals surface area contributed by atoms with Gasteiger partial charge in [0.15, 0.2) is 0 Å².